The second-order valence-electron chi connectivity index (χ2n) is 7.53. The summed E-state index contributed by atoms with van der Waals surface area (Å²) in [4.78, 5) is 43.4. The summed E-state index contributed by atoms with van der Waals surface area (Å²) >= 11 is 3.44. The van der Waals surface area contributed by atoms with Gasteiger partial charge in [0, 0.05) is 27.6 Å². The van der Waals surface area contributed by atoms with E-state index in [2.05, 4.69) is 26.2 Å². The summed E-state index contributed by atoms with van der Waals surface area (Å²) < 4.78 is 2.51. The van der Waals surface area contributed by atoms with Crippen molar-refractivity contribution in [2.75, 3.05) is 5.32 Å². The Kier molecular flexibility index (Phi) is 6.01. The molecule has 0 bridgehead atoms. The van der Waals surface area contributed by atoms with Crippen LogP contribution >= 0.6 is 15.9 Å². The van der Waals surface area contributed by atoms with Gasteiger partial charge in [-0.2, -0.15) is 0 Å². The molecule has 0 fully saturated rings. The smallest absolute Gasteiger partial charge is 0.244 e. The summed E-state index contributed by atoms with van der Waals surface area (Å²) in [5, 5.41) is 3.16. The molecule has 2 aromatic carbocycles. The van der Waals surface area contributed by atoms with Gasteiger partial charge >= 0.3 is 0 Å². The molecule has 0 saturated carbocycles. The van der Waals surface area contributed by atoms with Crippen LogP contribution < -0.4 is 10.7 Å². The molecule has 0 spiro atoms. The number of benzene rings is 2. The van der Waals surface area contributed by atoms with Crippen LogP contribution in [0.1, 0.15) is 27.2 Å². The van der Waals surface area contributed by atoms with Crippen molar-refractivity contribution in [3.63, 3.8) is 0 Å². The molecule has 0 aliphatic carbocycles. The van der Waals surface area contributed by atoms with E-state index in [1.165, 1.54) is 6.20 Å². The van der Waals surface area contributed by atoms with Crippen LogP contribution in [0, 0.1) is 13.8 Å². The van der Waals surface area contributed by atoms with Crippen molar-refractivity contribution in [2.24, 2.45) is 0 Å². The number of aromatic nitrogens is 2. The van der Waals surface area contributed by atoms with Crippen molar-refractivity contribution in [3.8, 4) is 0 Å². The first-order valence-corrected chi connectivity index (χ1v) is 10.8. The molecule has 0 aliphatic rings. The molecule has 2 heterocycles. The quantitative estimate of drug-likeness (QED) is 0.413. The summed E-state index contributed by atoms with van der Waals surface area (Å²) in [6, 6.07) is 17.5. The molecular formula is C25H20BrN3O3. The molecule has 32 heavy (non-hydrogen) atoms. The Bertz CT molecular complexity index is 1410. The predicted molar refractivity (Wildman–Crippen MR) is 128 cm³/mol. The number of nitrogens with one attached hydrogen (secondary N) is 1. The van der Waals surface area contributed by atoms with Crippen molar-refractivity contribution in [2.45, 2.75) is 20.4 Å². The zero-order chi connectivity index (χ0) is 22.8. The first-order valence-electron chi connectivity index (χ1n) is 10.00. The first-order chi connectivity index (χ1) is 15.3. The summed E-state index contributed by atoms with van der Waals surface area (Å²) in [6.45, 7) is 3.64. The third kappa shape index (κ3) is 4.38. The van der Waals surface area contributed by atoms with Gasteiger partial charge in [0.05, 0.1) is 10.9 Å². The molecule has 0 aliphatic heterocycles. The molecule has 0 atom stereocenters. The number of carbonyl (C=O) groups excluding carboxylic acids is 2. The number of halogens is 1. The zero-order valence-corrected chi connectivity index (χ0v) is 19.1. The van der Waals surface area contributed by atoms with E-state index < -0.39 is 11.2 Å². The topological polar surface area (TPSA) is 81.1 Å². The minimum Gasteiger partial charge on any atom is -0.325 e. The number of hydrogen-bond donors (Lipinski definition) is 1. The van der Waals surface area contributed by atoms with Crippen molar-refractivity contribution >= 4 is 44.3 Å². The lowest BCUT2D eigenvalue weighted by Crippen LogP contribution is -2.25. The number of fused-ring (bicyclic) bond motifs is 1. The van der Waals surface area contributed by atoms with Crippen LogP contribution in [-0.2, 0) is 11.3 Å². The van der Waals surface area contributed by atoms with E-state index in [4.69, 9.17) is 0 Å². The van der Waals surface area contributed by atoms with Gasteiger partial charge in [-0.25, -0.2) is 4.98 Å². The fraction of sp³-hybridized carbons (Fsp3) is 0.120. The monoisotopic (exact) mass is 489 g/mol. The summed E-state index contributed by atoms with van der Waals surface area (Å²) in [5.41, 5.74) is 2.72. The lowest BCUT2D eigenvalue weighted by Gasteiger charge is -2.13. The van der Waals surface area contributed by atoms with Gasteiger partial charge in [0.25, 0.3) is 0 Å². The van der Waals surface area contributed by atoms with Crippen LogP contribution in [0.3, 0.4) is 0 Å². The molecule has 6 nitrogen and oxygen atoms in total. The fourth-order valence-electron chi connectivity index (χ4n) is 3.46. The predicted octanol–water partition coefficient (Wildman–Crippen LogP) is 4.65. The molecule has 7 heteroatoms. The van der Waals surface area contributed by atoms with Crippen molar-refractivity contribution in [1.29, 1.82) is 0 Å². The molecular weight excluding hydrogens is 470 g/mol. The largest absolute Gasteiger partial charge is 0.325 e. The maximum atomic E-state index is 13.1. The Morgan fingerprint density at radius 3 is 2.50 bits per heavy atom. The lowest BCUT2D eigenvalue weighted by atomic mass is 10.0. The maximum Gasteiger partial charge on any atom is 0.244 e. The van der Waals surface area contributed by atoms with Gasteiger partial charge < -0.3 is 9.88 Å². The molecule has 1 N–H and O–H groups in total. The van der Waals surface area contributed by atoms with E-state index in [1.54, 1.807) is 53.1 Å². The number of ketones is 1. The molecule has 2 aromatic heterocycles. The highest BCUT2D eigenvalue weighted by Gasteiger charge is 2.19. The van der Waals surface area contributed by atoms with Crippen molar-refractivity contribution in [3.05, 3.63) is 104 Å². The third-order valence-corrected chi connectivity index (χ3v) is 5.99. The highest BCUT2D eigenvalue weighted by atomic mass is 79.9. The van der Waals surface area contributed by atoms with Crippen LogP contribution in [-0.4, -0.2) is 21.2 Å². The van der Waals surface area contributed by atoms with Crippen molar-refractivity contribution in [1.82, 2.24) is 9.55 Å². The van der Waals surface area contributed by atoms with Gasteiger partial charge in [-0.3, -0.25) is 14.4 Å². The number of anilines is 1. The number of amides is 1. The number of pyridine rings is 2. The highest BCUT2D eigenvalue weighted by molar-refractivity contribution is 9.10. The third-order valence-electron chi connectivity index (χ3n) is 5.10. The van der Waals surface area contributed by atoms with Crippen LogP contribution in [0.2, 0.25) is 0 Å². The summed E-state index contributed by atoms with van der Waals surface area (Å²) in [7, 11) is 0. The van der Waals surface area contributed by atoms with E-state index >= 15 is 0 Å². The number of aryl methyl sites for hydroxylation is 2. The second kappa shape index (κ2) is 8.88. The number of hydrogen-bond acceptors (Lipinski definition) is 4. The Hall–Kier alpha value is -3.58. The minimum atomic E-state index is -0.401. The van der Waals surface area contributed by atoms with Gasteiger partial charge in [-0.15, -0.1) is 0 Å². The zero-order valence-electron chi connectivity index (χ0n) is 17.6. The maximum absolute atomic E-state index is 13.1. The Morgan fingerprint density at radius 1 is 1.03 bits per heavy atom. The molecule has 0 radical (unpaired) electrons. The Balaban J connectivity index is 1.75. The van der Waals surface area contributed by atoms with Crippen LogP contribution in [0.4, 0.5) is 5.69 Å². The molecule has 1 amide bonds. The first kappa shape index (κ1) is 21.6. The average molecular weight is 490 g/mol. The van der Waals surface area contributed by atoms with Gasteiger partial charge in [0.15, 0.2) is 5.78 Å². The SMILES string of the molecule is Cc1ccc2c(=O)c(C(=O)c3ccccc3)cn(CC(=O)Nc3ccc(Br)c(C)c3)c2n1. The average Bonchev–Trinajstić information content (AvgIpc) is 2.78. The standard InChI is InChI=1S/C25H20BrN3O3/c1-15-12-18(9-11-21(15)26)28-22(30)14-29-13-20(23(31)17-6-4-3-5-7-17)24(32)19-10-8-16(2)27-25(19)29/h3-13H,14H2,1-2H3,(H,28,30). The van der Waals surface area contributed by atoms with Crippen LogP contribution in [0.15, 0.2) is 76.1 Å². The molecule has 160 valence electrons. The van der Waals surface area contributed by atoms with E-state index in [0.717, 1.165) is 10.0 Å². The van der Waals surface area contributed by atoms with E-state index in [9.17, 15) is 14.4 Å². The van der Waals surface area contributed by atoms with E-state index in [0.29, 0.717) is 28.0 Å². The molecule has 0 unspecified atom stereocenters. The molecule has 4 rings (SSSR count). The van der Waals surface area contributed by atoms with E-state index in [-0.39, 0.29) is 18.0 Å². The Labute approximate surface area is 193 Å². The normalized spacial score (nSPS) is 10.8. The van der Waals surface area contributed by atoms with Crippen molar-refractivity contribution < 1.29 is 9.59 Å². The second-order valence-corrected chi connectivity index (χ2v) is 8.39. The van der Waals surface area contributed by atoms with Gasteiger partial charge in [0.2, 0.25) is 11.3 Å². The molecule has 0 saturated heterocycles. The van der Waals surface area contributed by atoms with Crippen LogP contribution in [0.25, 0.3) is 11.0 Å². The number of nitrogens with zero attached hydrogens (tertiary/aromatic N) is 2. The van der Waals surface area contributed by atoms with Crippen LogP contribution in [0.5, 0.6) is 0 Å². The highest BCUT2D eigenvalue weighted by Crippen LogP contribution is 2.20. The van der Waals surface area contributed by atoms with Gasteiger partial charge in [0.1, 0.15) is 12.2 Å². The lowest BCUT2D eigenvalue weighted by molar-refractivity contribution is -0.116. The van der Waals surface area contributed by atoms with Gasteiger partial charge in [-0.05, 0) is 49.7 Å². The summed E-state index contributed by atoms with van der Waals surface area (Å²) in [5.74, 6) is -0.686. The fourth-order valence-corrected chi connectivity index (χ4v) is 3.71. The minimum absolute atomic E-state index is 0.00152. The number of rotatable bonds is 5. The summed E-state index contributed by atoms with van der Waals surface area (Å²) in [6.07, 6.45) is 1.43. The number of carbonyl (C=O) groups is 2. The van der Waals surface area contributed by atoms with Gasteiger partial charge in [-0.1, -0.05) is 46.3 Å². The van der Waals surface area contributed by atoms with E-state index in [1.807, 2.05) is 26.0 Å². The molecule has 4 aromatic rings. The Morgan fingerprint density at radius 2 is 1.78 bits per heavy atom.